The van der Waals surface area contributed by atoms with Crippen molar-refractivity contribution in [3.63, 3.8) is 0 Å². The molecule has 0 bridgehead atoms. The van der Waals surface area contributed by atoms with E-state index in [1.54, 1.807) is 0 Å². The SMILES string of the molecule is CC(N)Cc1ccccc1OCCC[P+](c1ccccc1)(c1ccccc1)c1ccccc1. The van der Waals surface area contributed by atoms with Crippen molar-refractivity contribution in [3.8, 4) is 5.75 Å². The minimum absolute atomic E-state index is 0.113. The van der Waals surface area contributed by atoms with Crippen LogP contribution in [0.2, 0.25) is 0 Å². The second-order valence-electron chi connectivity index (χ2n) is 8.53. The molecule has 2 N–H and O–H groups in total. The van der Waals surface area contributed by atoms with E-state index in [9.17, 15) is 0 Å². The molecule has 4 aromatic carbocycles. The highest BCUT2D eigenvalue weighted by Crippen LogP contribution is 2.55. The summed E-state index contributed by atoms with van der Waals surface area (Å²) in [5.41, 5.74) is 7.23. The van der Waals surface area contributed by atoms with Crippen molar-refractivity contribution < 1.29 is 4.74 Å². The Morgan fingerprint density at radius 3 is 1.61 bits per heavy atom. The van der Waals surface area contributed by atoms with Crippen molar-refractivity contribution in [3.05, 3.63) is 121 Å². The van der Waals surface area contributed by atoms with Crippen molar-refractivity contribution in [1.29, 1.82) is 0 Å². The Labute approximate surface area is 198 Å². The molecule has 0 aromatic heterocycles. The van der Waals surface area contributed by atoms with Gasteiger partial charge in [0, 0.05) is 12.5 Å². The van der Waals surface area contributed by atoms with Crippen LogP contribution < -0.4 is 26.4 Å². The first-order valence-electron chi connectivity index (χ1n) is 11.7. The van der Waals surface area contributed by atoms with E-state index in [4.69, 9.17) is 10.5 Å². The number of hydrogen-bond donors (Lipinski definition) is 1. The van der Waals surface area contributed by atoms with Gasteiger partial charge in [-0.3, -0.25) is 0 Å². The molecule has 1 atom stereocenters. The topological polar surface area (TPSA) is 35.2 Å². The molecule has 168 valence electrons. The third-order valence-electron chi connectivity index (χ3n) is 6.00. The van der Waals surface area contributed by atoms with Crippen LogP contribution in [0, 0.1) is 0 Å². The van der Waals surface area contributed by atoms with Gasteiger partial charge in [-0.25, -0.2) is 0 Å². The Hall–Kier alpha value is -2.93. The van der Waals surface area contributed by atoms with E-state index in [-0.39, 0.29) is 6.04 Å². The molecule has 0 fully saturated rings. The fraction of sp³-hybridized carbons (Fsp3) is 0.200. The predicted octanol–water partition coefficient (Wildman–Crippen LogP) is 5.34. The van der Waals surface area contributed by atoms with Crippen molar-refractivity contribution in [2.24, 2.45) is 5.73 Å². The Morgan fingerprint density at radius 2 is 1.12 bits per heavy atom. The number of rotatable bonds is 10. The van der Waals surface area contributed by atoms with E-state index in [0.717, 1.165) is 24.8 Å². The maximum atomic E-state index is 6.30. The molecule has 0 aliphatic heterocycles. The summed E-state index contributed by atoms with van der Waals surface area (Å²) >= 11 is 0. The normalized spacial score (nSPS) is 12.3. The summed E-state index contributed by atoms with van der Waals surface area (Å²) in [4.78, 5) is 0. The molecule has 0 spiro atoms. The van der Waals surface area contributed by atoms with Crippen LogP contribution in [-0.2, 0) is 6.42 Å². The summed E-state index contributed by atoms with van der Waals surface area (Å²) in [6, 6.07) is 41.5. The fourth-order valence-electron chi connectivity index (χ4n) is 4.53. The molecule has 0 aliphatic carbocycles. The van der Waals surface area contributed by atoms with Crippen LogP contribution in [0.25, 0.3) is 0 Å². The second kappa shape index (κ2) is 11.3. The Bertz CT molecular complexity index is 1020. The van der Waals surface area contributed by atoms with Gasteiger partial charge in [-0.15, -0.1) is 0 Å². The van der Waals surface area contributed by atoms with Gasteiger partial charge in [-0.05, 0) is 61.4 Å². The van der Waals surface area contributed by atoms with Crippen LogP contribution in [-0.4, -0.2) is 18.8 Å². The Balaban J connectivity index is 1.63. The van der Waals surface area contributed by atoms with Gasteiger partial charge in [0.05, 0.1) is 12.8 Å². The molecule has 0 heterocycles. The number of benzene rings is 4. The average molecular weight is 455 g/mol. The molecule has 33 heavy (non-hydrogen) atoms. The van der Waals surface area contributed by atoms with Gasteiger partial charge in [-0.2, -0.15) is 0 Å². The van der Waals surface area contributed by atoms with E-state index < -0.39 is 7.26 Å². The lowest BCUT2D eigenvalue weighted by Gasteiger charge is -2.27. The van der Waals surface area contributed by atoms with Crippen molar-refractivity contribution >= 4 is 23.2 Å². The smallest absolute Gasteiger partial charge is 0.122 e. The highest BCUT2D eigenvalue weighted by atomic mass is 31.2. The fourth-order valence-corrected chi connectivity index (χ4v) is 8.84. The molecule has 3 heteroatoms. The lowest BCUT2D eigenvalue weighted by molar-refractivity contribution is 0.314. The van der Waals surface area contributed by atoms with Gasteiger partial charge in [-0.1, -0.05) is 72.8 Å². The summed E-state index contributed by atoms with van der Waals surface area (Å²) < 4.78 is 6.30. The summed E-state index contributed by atoms with van der Waals surface area (Å²) in [6.07, 6.45) is 2.85. The third-order valence-corrected chi connectivity index (χ3v) is 10.5. The molecule has 0 amide bonds. The summed E-state index contributed by atoms with van der Waals surface area (Å²) in [5.74, 6) is 0.956. The molecule has 1 unspecified atom stereocenters. The van der Waals surface area contributed by atoms with Crippen molar-refractivity contribution in [2.75, 3.05) is 12.8 Å². The minimum Gasteiger partial charge on any atom is -0.493 e. The molecule has 0 radical (unpaired) electrons. The van der Waals surface area contributed by atoms with Crippen LogP contribution in [0.4, 0.5) is 0 Å². The van der Waals surface area contributed by atoms with E-state index in [1.165, 1.54) is 21.5 Å². The largest absolute Gasteiger partial charge is 0.493 e. The van der Waals surface area contributed by atoms with Gasteiger partial charge in [0.25, 0.3) is 0 Å². The summed E-state index contributed by atoms with van der Waals surface area (Å²) in [5, 5.41) is 4.25. The molecule has 2 nitrogen and oxygen atoms in total. The average Bonchev–Trinajstić information content (AvgIpc) is 2.86. The highest BCUT2D eigenvalue weighted by Gasteiger charge is 2.44. The van der Waals surface area contributed by atoms with E-state index in [1.807, 2.05) is 13.0 Å². The lowest BCUT2D eigenvalue weighted by Crippen LogP contribution is -2.33. The number of para-hydroxylation sites is 1. The first-order valence-corrected chi connectivity index (χ1v) is 13.7. The Morgan fingerprint density at radius 1 is 0.667 bits per heavy atom. The molecule has 4 aromatic rings. The molecular formula is C30H33NOP+. The van der Waals surface area contributed by atoms with Gasteiger partial charge in [0.15, 0.2) is 0 Å². The van der Waals surface area contributed by atoms with Crippen LogP contribution in [0.15, 0.2) is 115 Å². The van der Waals surface area contributed by atoms with Crippen LogP contribution in [0.5, 0.6) is 5.75 Å². The summed E-state index contributed by atoms with van der Waals surface area (Å²) in [6.45, 7) is 2.72. The maximum absolute atomic E-state index is 6.30. The van der Waals surface area contributed by atoms with Gasteiger partial charge in [0.1, 0.15) is 28.9 Å². The third kappa shape index (κ3) is 5.53. The van der Waals surface area contributed by atoms with Gasteiger partial charge < -0.3 is 10.5 Å². The molecular weight excluding hydrogens is 421 g/mol. The molecule has 0 saturated carbocycles. The quantitative estimate of drug-likeness (QED) is 0.259. The molecule has 0 saturated heterocycles. The number of ether oxygens (including phenoxy) is 1. The van der Waals surface area contributed by atoms with Crippen LogP contribution in [0.3, 0.4) is 0 Å². The highest BCUT2D eigenvalue weighted by molar-refractivity contribution is 7.95. The number of hydrogen-bond acceptors (Lipinski definition) is 2. The van der Waals surface area contributed by atoms with Crippen LogP contribution in [0.1, 0.15) is 18.9 Å². The summed E-state index contributed by atoms with van der Waals surface area (Å²) in [7, 11) is -1.81. The van der Waals surface area contributed by atoms with Crippen LogP contribution >= 0.6 is 7.26 Å². The van der Waals surface area contributed by atoms with E-state index in [2.05, 4.69) is 109 Å². The molecule has 4 rings (SSSR count). The zero-order valence-electron chi connectivity index (χ0n) is 19.3. The second-order valence-corrected chi connectivity index (χ2v) is 12.1. The monoisotopic (exact) mass is 454 g/mol. The first kappa shape index (κ1) is 23.2. The van der Waals surface area contributed by atoms with E-state index >= 15 is 0 Å². The minimum atomic E-state index is -1.81. The first-order chi connectivity index (χ1) is 16.2. The standard InChI is InChI=1S/C30H33NOP/c1-25(31)24-26-14-11-12-21-30(26)32-22-13-23-33(27-15-5-2-6-16-27,28-17-7-3-8-18-28)29-19-9-4-10-20-29/h2-12,14-21,25H,13,22-24,31H2,1H3/q+1. The lowest BCUT2D eigenvalue weighted by atomic mass is 10.1. The Kier molecular flexibility index (Phi) is 7.94. The van der Waals surface area contributed by atoms with E-state index in [0.29, 0.717) is 6.61 Å². The van der Waals surface area contributed by atoms with Gasteiger partial charge in [0.2, 0.25) is 0 Å². The maximum Gasteiger partial charge on any atom is 0.122 e. The zero-order chi connectivity index (χ0) is 22.9. The van der Waals surface area contributed by atoms with Crippen molar-refractivity contribution in [2.45, 2.75) is 25.8 Å². The molecule has 0 aliphatic rings. The van der Waals surface area contributed by atoms with Crippen molar-refractivity contribution in [1.82, 2.24) is 0 Å². The number of nitrogens with two attached hydrogens (primary N) is 1. The zero-order valence-corrected chi connectivity index (χ0v) is 20.2. The van der Waals surface area contributed by atoms with Gasteiger partial charge >= 0.3 is 0 Å². The predicted molar refractivity (Wildman–Crippen MR) is 144 cm³/mol.